The van der Waals surface area contributed by atoms with Crippen molar-refractivity contribution in [1.82, 2.24) is 14.7 Å². The zero-order valence-electron chi connectivity index (χ0n) is 17.6. The molecule has 1 N–H and O–H groups in total. The van der Waals surface area contributed by atoms with Gasteiger partial charge in [-0.05, 0) is 32.9 Å². The van der Waals surface area contributed by atoms with Crippen LogP contribution < -0.4 is 19.1 Å². The van der Waals surface area contributed by atoms with Crippen molar-refractivity contribution in [3.05, 3.63) is 35.8 Å². The quantitative estimate of drug-likeness (QED) is 0.636. The lowest BCUT2D eigenvalue weighted by Gasteiger charge is -2.28. The number of nitrogens with one attached hydrogen (secondary N) is 1. The second-order valence-electron chi connectivity index (χ2n) is 6.68. The number of ether oxygens (including phenoxy) is 3. The van der Waals surface area contributed by atoms with Crippen LogP contribution in [0.4, 0.5) is 5.82 Å². The van der Waals surface area contributed by atoms with E-state index in [2.05, 4.69) is 19.6 Å². The summed E-state index contributed by atoms with van der Waals surface area (Å²) in [5.41, 5.74) is 0.775. The fourth-order valence-corrected chi connectivity index (χ4v) is 4.22. The first-order valence-corrected chi connectivity index (χ1v) is 11.5. The molecule has 0 unspecified atom stereocenters. The largest absolute Gasteiger partial charge is 0.494 e. The van der Waals surface area contributed by atoms with Crippen molar-refractivity contribution in [2.75, 3.05) is 44.4 Å². The van der Waals surface area contributed by atoms with Gasteiger partial charge < -0.3 is 19.1 Å². The molecule has 1 saturated heterocycles. The van der Waals surface area contributed by atoms with Crippen LogP contribution in [0.3, 0.4) is 0 Å². The fraction of sp³-hybridized carbons (Fsp3) is 0.500. The number of hydrogen-bond acceptors (Lipinski definition) is 8. The fourth-order valence-electron chi connectivity index (χ4n) is 3.12. The Hall–Kier alpha value is -2.43. The van der Waals surface area contributed by atoms with Crippen molar-refractivity contribution >= 4 is 15.8 Å². The number of morpholine rings is 1. The summed E-state index contributed by atoms with van der Waals surface area (Å²) in [6.07, 6.45) is 0. The van der Waals surface area contributed by atoms with Crippen LogP contribution in [0.15, 0.2) is 29.2 Å². The van der Waals surface area contributed by atoms with Gasteiger partial charge in [0.25, 0.3) is 0 Å². The van der Waals surface area contributed by atoms with E-state index in [1.807, 2.05) is 19.9 Å². The monoisotopic (exact) mass is 436 g/mol. The SMILES string of the molecule is CCOc1ccc(S(=O)(=O)NCc2nc(C)cc(N3CCOCC3)n2)c(OCC)c1. The Morgan fingerprint density at radius 3 is 2.53 bits per heavy atom. The molecule has 1 fully saturated rings. The maximum absolute atomic E-state index is 12.9. The molecule has 0 aliphatic carbocycles. The molecule has 1 aliphatic heterocycles. The number of benzene rings is 1. The molecule has 164 valence electrons. The minimum absolute atomic E-state index is 0.0276. The summed E-state index contributed by atoms with van der Waals surface area (Å²) >= 11 is 0. The number of nitrogens with zero attached hydrogens (tertiary/aromatic N) is 3. The first kappa shape index (κ1) is 22.3. The van der Waals surface area contributed by atoms with Crippen LogP contribution in [0.1, 0.15) is 25.4 Å². The average molecular weight is 437 g/mol. The lowest BCUT2D eigenvalue weighted by Crippen LogP contribution is -2.37. The molecule has 2 aromatic rings. The standard InChI is InChI=1S/C20H28N4O5S/c1-4-28-16-6-7-18(17(13-16)29-5-2)30(25,26)21-14-19-22-15(3)12-20(23-19)24-8-10-27-11-9-24/h6-7,12-13,21H,4-5,8-11,14H2,1-3H3. The van der Waals surface area contributed by atoms with Crippen LogP contribution in [0, 0.1) is 6.92 Å². The van der Waals surface area contributed by atoms with Crippen LogP contribution in [0.25, 0.3) is 0 Å². The minimum Gasteiger partial charge on any atom is -0.494 e. The highest BCUT2D eigenvalue weighted by atomic mass is 32.2. The van der Waals surface area contributed by atoms with Gasteiger partial charge in [-0.25, -0.2) is 23.1 Å². The van der Waals surface area contributed by atoms with E-state index in [4.69, 9.17) is 14.2 Å². The lowest BCUT2D eigenvalue weighted by atomic mass is 10.3. The highest BCUT2D eigenvalue weighted by Crippen LogP contribution is 2.29. The van der Waals surface area contributed by atoms with Crippen LogP contribution in [0.5, 0.6) is 11.5 Å². The lowest BCUT2D eigenvalue weighted by molar-refractivity contribution is 0.122. The Kier molecular flexibility index (Phi) is 7.46. The van der Waals surface area contributed by atoms with Crippen molar-refractivity contribution in [1.29, 1.82) is 0 Å². The van der Waals surface area contributed by atoms with Crippen molar-refractivity contribution in [2.45, 2.75) is 32.2 Å². The van der Waals surface area contributed by atoms with E-state index in [1.165, 1.54) is 6.07 Å². The third kappa shape index (κ3) is 5.59. The van der Waals surface area contributed by atoms with E-state index in [1.54, 1.807) is 19.1 Å². The Bertz CT molecular complexity index is 962. The van der Waals surface area contributed by atoms with Gasteiger partial charge in [0, 0.05) is 30.9 Å². The average Bonchev–Trinajstić information content (AvgIpc) is 2.73. The second kappa shape index (κ2) is 10.1. The molecule has 9 nitrogen and oxygen atoms in total. The maximum atomic E-state index is 12.9. The summed E-state index contributed by atoms with van der Waals surface area (Å²) in [7, 11) is -3.84. The molecule has 3 rings (SSSR count). The van der Waals surface area contributed by atoms with Gasteiger partial charge in [0.2, 0.25) is 10.0 Å². The van der Waals surface area contributed by atoms with E-state index in [9.17, 15) is 8.42 Å². The molecule has 1 aromatic heterocycles. The van der Waals surface area contributed by atoms with Gasteiger partial charge >= 0.3 is 0 Å². The van der Waals surface area contributed by atoms with Crippen LogP contribution in [-0.2, 0) is 21.3 Å². The summed E-state index contributed by atoms with van der Waals surface area (Å²) in [5.74, 6) is 1.98. The molecular weight excluding hydrogens is 408 g/mol. The molecule has 2 heterocycles. The number of anilines is 1. The predicted octanol–water partition coefficient (Wildman–Crippen LogP) is 1.90. The molecule has 1 aromatic carbocycles. The molecule has 0 amide bonds. The topological polar surface area (TPSA) is 103 Å². The number of aryl methyl sites for hydroxylation is 1. The minimum atomic E-state index is -3.84. The Labute approximate surface area is 177 Å². The van der Waals surface area contributed by atoms with Gasteiger partial charge in [0.1, 0.15) is 28.0 Å². The third-order valence-electron chi connectivity index (χ3n) is 4.46. The van der Waals surface area contributed by atoms with E-state index >= 15 is 0 Å². The zero-order chi connectivity index (χ0) is 21.6. The summed E-state index contributed by atoms with van der Waals surface area (Å²) < 4.78 is 44.8. The molecule has 0 bridgehead atoms. The van der Waals surface area contributed by atoms with E-state index < -0.39 is 10.0 Å². The number of rotatable bonds is 9. The number of sulfonamides is 1. The first-order chi connectivity index (χ1) is 14.4. The second-order valence-corrected chi connectivity index (χ2v) is 8.42. The predicted molar refractivity (Wildman–Crippen MR) is 113 cm³/mol. The van der Waals surface area contributed by atoms with Gasteiger partial charge in [0.05, 0.1) is 33.0 Å². The third-order valence-corrected chi connectivity index (χ3v) is 5.90. The summed E-state index contributed by atoms with van der Waals surface area (Å²) in [6, 6.07) is 6.57. The Morgan fingerprint density at radius 2 is 1.83 bits per heavy atom. The molecule has 10 heteroatoms. The van der Waals surface area contributed by atoms with Crippen molar-refractivity contribution < 1.29 is 22.6 Å². The molecule has 0 spiro atoms. The molecule has 0 atom stereocenters. The van der Waals surface area contributed by atoms with E-state index in [0.29, 0.717) is 38.0 Å². The highest BCUT2D eigenvalue weighted by molar-refractivity contribution is 7.89. The van der Waals surface area contributed by atoms with Crippen LogP contribution in [0.2, 0.25) is 0 Å². The normalized spacial score (nSPS) is 14.6. The van der Waals surface area contributed by atoms with Crippen molar-refractivity contribution in [3.63, 3.8) is 0 Å². The Balaban J connectivity index is 1.78. The smallest absolute Gasteiger partial charge is 0.244 e. The van der Waals surface area contributed by atoms with E-state index in [-0.39, 0.29) is 17.2 Å². The van der Waals surface area contributed by atoms with Gasteiger partial charge in [-0.2, -0.15) is 0 Å². The van der Waals surface area contributed by atoms with Crippen LogP contribution in [-0.4, -0.2) is 57.9 Å². The molecule has 0 radical (unpaired) electrons. The molecular formula is C20H28N4O5S. The highest BCUT2D eigenvalue weighted by Gasteiger charge is 2.21. The molecule has 30 heavy (non-hydrogen) atoms. The van der Waals surface area contributed by atoms with Crippen molar-refractivity contribution in [2.24, 2.45) is 0 Å². The summed E-state index contributed by atoms with van der Waals surface area (Å²) in [5, 5.41) is 0. The molecule has 1 aliphatic rings. The van der Waals surface area contributed by atoms with Gasteiger partial charge in [0.15, 0.2) is 0 Å². The summed E-state index contributed by atoms with van der Waals surface area (Å²) in [4.78, 5) is 11.1. The van der Waals surface area contributed by atoms with Crippen molar-refractivity contribution in [3.8, 4) is 11.5 Å². The summed E-state index contributed by atoms with van der Waals surface area (Å²) in [6.45, 7) is 9.07. The van der Waals surface area contributed by atoms with Crippen LogP contribution >= 0.6 is 0 Å². The molecule has 0 saturated carbocycles. The van der Waals surface area contributed by atoms with Gasteiger partial charge in [-0.15, -0.1) is 0 Å². The zero-order valence-corrected chi connectivity index (χ0v) is 18.4. The Morgan fingerprint density at radius 1 is 1.10 bits per heavy atom. The number of hydrogen-bond donors (Lipinski definition) is 1. The van der Waals surface area contributed by atoms with E-state index in [0.717, 1.165) is 24.6 Å². The first-order valence-electron chi connectivity index (χ1n) is 9.99. The van der Waals surface area contributed by atoms with Gasteiger partial charge in [-0.3, -0.25) is 0 Å². The number of aromatic nitrogens is 2. The van der Waals surface area contributed by atoms with Gasteiger partial charge in [-0.1, -0.05) is 0 Å². The maximum Gasteiger partial charge on any atom is 0.244 e.